The van der Waals surface area contributed by atoms with Crippen molar-refractivity contribution in [3.05, 3.63) is 53.2 Å². The van der Waals surface area contributed by atoms with Crippen LogP contribution < -0.4 is 0 Å². The largest absolute Gasteiger partial charge is 0.361 e. The fourth-order valence-electron chi connectivity index (χ4n) is 3.78. The van der Waals surface area contributed by atoms with Crippen LogP contribution in [0.4, 0.5) is 4.39 Å². The molecule has 2 aromatic heterocycles. The minimum atomic E-state index is -0.674. The summed E-state index contributed by atoms with van der Waals surface area (Å²) in [5, 5.41) is 5.04. The number of hydrogen-bond donors (Lipinski definition) is 1. The standard InChI is InChI=1S/C21H25FN4O3/c1-13-7-19(25(4)24-13)20(27)26(11-16-12-28-21(2,3)29-16)10-14-9-23-18-6-5-15(22)8-17(14)18/h5-9,16,23H,10-12H2,1-4H3. The van der Waals surface area contributed by atoms with Crippen molar-refractivity contribution in [3.8, 4) is 0 Å². The molecule has 1 amide bonds. The molecule has 1 unspecified atom stereocenters. The van der Waals surface area contributed by atoms with E-state index in [9.17, 15) is 9.18 Å². The van der Waals surface area contributed by atoms with Gasteiger partial charge in [-0.15, -0.1) is 0 Å². The number of carbonyl (C=O) groups excluding carboxylic acids is 1. The van der Waals surface area contributed by atoms with Gasteiger partial charge in [-0.2, -0.15) is 5.10 Å². The third kappa shape index (κ3) is 4.04. The quantitative estimate of drug-likeness (QED) is 0.714. The molecule has 154 valence electrons. The van der Waals surface area contributed by atoms with E-state index in [-0.39, 0.29) is 17.8 Å². The van der Waals surface area contributed by atoms with Crippen LogP contribution in [0.25, 0.3) is 10.9 Å². The zero-order chi connectivity index (χ0) is 20.8. The Bertz CT molecular complexity index is 1060. The van der Waals surface area contributed by atoms with Crippen LogP contribution in [0, 0.1) is 12.7 Å². The Kier molecular flexibility index (Phi) is 4.92. The van der Waals surface area contributed by atoms with Crippen molar-refractivity contribution in [1.82, 2.24) is 19.7 Å². The second kappa shape index (κ2) is 7.27. The van der Waals surface area contributed by atoms with Gasteiger partial charge in [-0.1, -0.05) is 0 Å². The monoisotopic (exact) mass is 400 g/mol. The van der Waals surface area contributed by atoms with Gasteiger partial charge in [0.25, 0.3) is 5.91 Å². The third-order valence-electron chi connectivity index (χ3n) is 5.09. The summed E-state index contributed by atoms with van der Waals surface area (Å²) in [4.78, 5) is 18.2. The van der Waals surface area contributed by atoms with Gasteiger partial charge in [0.05, 0.1) is 12.3 Å². The molecule has 1 N–H and O–H groups in total. The predicted octanol–water partition coefficient (Wildman–Crippen LogP) is 3.14. The van der Waals surface area contributed by atoms with Crippen molar-refractivity contribution in [2.75, 3.05) is 13.2 Å². The van der Waals surface area contributed by atoms with E-state index in [1.54, 1.807) is 28.8 Å². The third-order valence-corrected chi connectivity index (χ3v) is 5.09. The molecule has 1 atom stereocenters. The van der Waals surface area contributed by atoms with Gasteiger partial charge in [0.1, 0.15) is 17.6 Å². The normalized spacial score (nSPS) is 18.4. The zero-order valence-electron chi connectivity index (χ0n) is 17.0. The molecule has 0 bridgehead atoms. The summed E-state index contributed by atoms with van der Waals surface area (Å²) in [6.45, 7) is 6.63. The molecule has 3 heterocycles. The van der Waals surface area contributed by atoms with Gasteiger partial charge < -0.3 is 19.4 Å². The average molecular weight is 400 g/mol. The van der Waals surface area contributed by atoms with Crippen LogP contribution in [-0.2, 0) is 23.1 Å². The minimum Gasteiger partial charge on any atom is -0.361 e. The summed E-state index contributed by atoms with van der Waals surface area (Å²) >= 11 is 0. The fourth-order valence-corrected chi connectivity index (χ4v) is 3.78. The second-order valence-corrected chi connectivity index (χ2v) is 7.93. The maximum absolute atomic E-state index is 13.8. The first-order valence-corrected chi connectivity index (χ1v) is 9.59. The maximum Gasteiger partial charge on any atom is 0.272 e. The molecule has 1 saturated heterocycles. The van der Waals surface area contributed by atoms with Crippen molar-refractivity contribution in [2.24, 2.45) is 7.05 Å². The molecule has 7 nitrogen and oxygen atoms in total. The maximum atomic E-state index is 13.8. The van der Waals surface area contributed by atoms with E-state index in [1.807, 2.05) is 27.0 Å². The summed E-state index contributed by atoms with van der Waals surface area (Å²) in [7, 11) is 1.75. The number of nitrogens with zero attached hydrogens (tertiary/aromatic N) is 3. The summed E-state index contributed by atoms with van der Waals surface area (Å²) in [5.74, 6) is -1.15. The lowest BCUT2D eigenvalue weighted by Gasteiger charge is -2.26. The van der Waals surface area contributed by atoms with E-state index in [1.165, 1.54) is 12.1 Å². The van der Waals surface area contributed by atoms with Gasteiger partial charge >= 0.3 is 0 Å². The number of halogens is 1. The van der Waals surface area contributed by atoms with Crippen LogP contribution in [0.2, 0.25) is 0 Å². The fraction of sp³-hybridized carbons (Fsp3) is 0.429. The molecule has 8 heteroatoms. The van der Waals surface area contributed by atoms with Crippen LogP contribution in [0.15, 0.2) is 30.5 Å². The van der Waals surface area contributed by atoms with Crippen molar-refractivity contribution >= 4 is 16.8 Å². The van der Waals surface area contributed by atoms with E-state index < -0.39 is 5.79 Å². The molecule has 1 aliphatic rings. The predicted molar refractivity (Wildman–Crippen MR) is 106 cm³/mol. The molecule has 0 radical (unpaired) electrons. The van der Waals surface area contributed by atoms with E-state index in [4.69, 9.17) is 9.47 Å². The molecule has 1 fully saturated rings. The number of carbonyl (C=O) groups is 1. The summed E-state index contributed by atoms with van der Waals surface area (Å²) < 4.78 is 26.9. The Labute approximate surface area is 168 Å². The lowest BCUT2D eigenvalue weighted by atomic mass is 10.1. The molecule has 4 rings (SSSR count). The van der Waals surface area contributed by atoms with Gasteiger partial charge in [0.15, 0.2) is 5.79 Å². The molecule has 0 saturated carbocycles. The molecule has 3 aromatic rings. The number of rotatable bonds is 5. The molecular formula is C21H25FN4O3. The number of benzene rings is 1. The smallest absolute Gasteiger partial charge is 0.272 e. The van der Waals surface area contributed by atoms with Crippen LogP contribution in [-0.4, -0.2) is 50.6 Å². The summed E-state index contributed by atoms with van der Waals surface area (Å²) in [6.07, 6.45) is 1.57. The number of aromatic amines is 1. The first-order valence-electron chi connectivity index (χ1n) is 9.59. The van der Waals surface area contributed by atoms with Crippen LogP contribution >= 0.6 is 0 Å². The van der Waals surface area contributed by atoms with E-state index >= 15 is 0 Å². The lowest BCUT2D eigenvalue weighted by molar-refractivity contribution is -0.139. The summed E-state index contributed by atoms with van der Waals surface area (Å²) in [5.41, 5.74) is 2.93. The van der Waals surface area contributed by atoms with Crippen molar-refractivity contribution in [3.63, 3.8) is 0 Å². The average Bonchev–Trinajstić information content (AvgIpc) is 3.31. The Morgan fingerprint density at radius 3 is 2.86 bits per heavy atom. The number of aryl methyl sites for hydroxylation is 2. The Morgan fingerprint density at radius 2 is 2.21 bits per heavy atom. The number of nitrogens with one attached hydrogen (secondary N) is 1. The van der Waals surface area contributed by atoms with E-state index in [0.29, 0.717) is 25.4 Å². The Balaban J connectivity index is 1.64. The first kappa shape index (κ1) is 19.6. The van der Waals surface area contributed by atoms with Gasteiger partial charge in [-0.05, 0) is 50.6 Å². The highest BCUT2D eigenvalue weighted by Crippen LogP contribution is 2.26. The van der Waals surface area contributed by atoms with Crippen molar-refractivity contribution < 1.29 is 18.7 Å². The number of fused-ring (bicyclic) bond motifs is 1. The number of amides is 1. The van der Waals surface area contributed by atoms with Gasteiger partial charge in [-0.25, -0.2) is 4.39 Å². The van der Waals surface area contributed by atoms with Crippen LogP contribution in [0.1, 0.15) is 35.6 Å². The van der Waals surface area contributed by atoms with E-state index in [2.05, 4.69) is 10.1 Å². The summed E-state index contributed by atoms with van der Waals surface area (Å²) in [6, 6.07) is 6.35. The van der Waals surface area contributed by atoms with Crippen LogP contribution in [0.5, 0.6) is 0 Å². The first-order chi connectivity index (χ1) is 13.7. The molecule has 0 aliphatic carbocycles. The van der Waals surface area contributed by atoms with Crippen LogP contribution in [0.3, 0.4) is 0 Å². The van der Waals surface area contributed by atoms with Crippen molar-refractivity contribution in [2.45, 2.75) is 39.2 Å². The SMILES string of the molecule is Cc1cc(C(=O)N(Cc2c[nH]c3ccc(F)cc23)CC2COC(C)(C)O2)n(C)n1. The molecule has 0 spiro atoms. The minimum absolute atomic E-state index is 0.160. The highest BCUT2D eigenvalue weighted by Gasteiger charge is 2.35. The number of hydrogen-bond acceptors (Lipinski definition) is 4. The number of H-pyrrole nitrogens is 1. The molecule has 1 aromatic carbocycles. The van der Waals surface area contributed by atoms with Crippen molar-refractivity contribution in [1.29, 1.82) is 0 Å². The lowest BCUT2D eigenvalue weighted by Crippen LogP contribution is -2.39. The molecule has 1 aliphatic heterocycles. The van der Waals surface area contributed by atoms with Gasteiger partial charge in [0.2, 0.25) is 0 Å². The Hall–Kier alpha value is -2.71. The van der Waals surface area contributed by atoms with Gasteiger partial charge in [0, 0.05) is 37.2 Å². The highest BCUT2D eigenvalue weighted by atomic mass is 19.1. The second-order valence-electron chi connectivity index (χ2n) is 7.93. The number of ether oxygens (including phenoxy) is 2. The Morgan fingerprint density at radius 1 is 1.41 bits per heavy atom. The van der Waals surface area contributed by atoms with Gasteiger partial charge in [-0.3, -0.25) is 9.48 Å². The van der Waals surface area contributed by atoms with E-state index in [0.717, 1.165) is 22.2 Å². The molecule has 29 heavy (non-hydrogen) atoms. The molecular weight excluding hydrogens is 375 g/mol. The zero-order valence-corrected chi connectivity index (χ0v) is 17.0. The highest BCUT2D eigenvalue weighted by molar-refractivity contribution is 5.93. The number of aromatic nitrogens is 3. The topological polar surface area (TPSA) is 72.4 Å².